The molecule has 1 aromatic rings. The molecule has 2 amide bonds. The maximum absolute atomic E-state index is 12.8. The first-order valence-corrected chi connectivity index (χ1v) is 10.7. The average molecular weight is 391 g/mol. The van der Waals surface area contributed by atoms with E-state index in [9.17, 15) is 14.4 Å². The highest BCUT2D eigenvalue weighted by atomic mass is 32.2. The Labute approximate surface area is 163 Å². The van der Waals surface area contributed by atoms with Gasteiger partial charge < -0.3 is 15.3 Å². The Hall–Kier alpha value is -2.02. The predicted octanol–water partition coefficient (Wildman–Crippen LogP) is 2.53. The van der Waals surface area contributed by atoms with Crippen LogP contribution in [0.15, 0.2) is 24.3 Å². The molecule has 0 bridgehead atoms. The van der Waals surface area contributed by atoms with Crippen LogP contribution in [0.2, 0.25) is 0 Å². The van der Waals surface area contributed by atoms with Crippen molar-refractivity contribution in [3.63, 3.8) is 0 Å². The van der Waals surface area contributed by atoms with Gasteiger partial charge in [-0.05, 0) is 30.5 Å². The standard InChI is InChI=1S/C20H26N2O4S/c23-18(24)11-17-13-27-10-9-22(17)20(26)16-7-5-14(6-8-16)12-21-19(25)15-3-1-2-4-15/h5-8,15,17H,1-4,9-13H2,(H,21,25)(H,23,24). The Bertz CT molecular complexity index is 686. The first-order chi connectivity index (χ1) is 13.0. The molecule has 1 aliphatic heterocycles. The molecule has 1 unspecified atom stereocenters. The van der Waals surface area contributed by atoms with E-state index >= 15 is 0 Å². The van der Waals surface area contributed by atoms with Crippen molar-refractivity contribution in [2.24, 2.45) is 5.92 Å². The maximum atomic E-state index is 12.8. The molecule has 2 N–H and O–H groups in total. The molecule has 3 rings (SSSR count). The summed E-state index contributed by atoms with van der Waals surface area (Å²) in [7, 11) is 0. The Kier molecular flexibility index (Phi) is 6.77. The van der Waals surface area contributed by atoms with Crippen molar-refractivity contribution in [3.05, 3.63) is 35.4 Å². The molecule has 1 aromatic carbocycles. The summed E-state index contributed by atoms with van der Waals surface area (Å²) in [6, 6.07) is 6.97. The quantitative estimate of drug-likeness (QED) is 0.779. The smallest absolute Gasteiger partial charge is 0.305 e. The minimum absolute atomic E-state index is 0.0238. The third-order valence-electron chi connectivity index (χ3n) is 5.29. The van der Waals surface area contributed by atoms with Gasteiger partial charge in [-0.1, -0.05) is 25.0 Å². The summed E-state index contributed by atoms with van der Waals surface area (Å²) in [5.74, 6) is 0.747. The highest BCUT2D eigenvalue weighted by Crippen LogP contribution is 2.25. The number of carbonyl (C=O) groups excluding carboxylic acids is 2. The van der Waals surface area contributed by atoms with E-state index in [-0.39, 0.29) is 30.2 Å². The van der Waals surface area contributed by atoms with Crippen molar-refractivity contribution in [2.75, 3.05) is 18.1 Å². The first kappa shape index (κ1) is 19.7. The second-order valence-electron chi connectivity index (χ2n) is 7.22. The highest BCUT2D eigenvalue weighted by Gasteiger charge is 2.29. The summed E-state index contributed by atoms with van der Waals surface area (Å²) in [6.45, 7) is 1.03. The van der Waals surface area contributed by atoms with E-state index in [0.29, 0.717) is 24.4 Å². The maximum Gasteiger partial charge on any atom is 0.305 e. The van der Waals surface area contributed by atoms with Crippen LogP contribution in [0.5, 0.6) is 0 Å². The lowest BCUT2D eigenvalue weighted by atomic mass is 10.1. The van der Waals surface area contributed by atoms with Gasteiger partial charge in [0.15, 0.2) is 0 Å². The fraction of sp³-hybridized carbons (Fsp3) is 0.550. The molecule has 0 aromatic heterocycles. The van der Waals surface area contributed by atoms with E-state index < -0.39 is 5.97 Å². The Morgan fingerprint density at radius 1 is 1.15 bits per heavy atom. The zero-order chi connectivity index (χ0) is 19.2. The zero-order valence-corrected chi connectivity index (χ0v) is 16.2. The van der Waals surface area contributed by atoms with Gasteiger partial charge in [-0.15, -0.1) is 0 Å². The van der Waals surface area contributed by atoms with Crippen LogP contribution in [0.1, 0.15) is 48.0 Å². The van der Waals surface area contributed by atoms with Gasteiger partial charge in [0.05, 0.1) is 12.5 Å². The van der Waals surface area contributed by atoms with Crippen molar-refractivity contribution in [3.8, 4) is 0 Å². The van der Waals surface area contributed by atoms with Crippen LogP contribution in [0.4, 0.5) is 0 Å². The fourth-order valence-corrected chi connectivity index (χ4v) is 4.81. The molecular formula is C20H26N2O4S. The Morgan fingerprint density at radius 3 is 2.52 bits per heavy atom. The van der Waals surface area contributed by atoms with Crippen LogP contribution in [0.3, 0.4) is 0 Å². The van der Waals surface area contributed by atoms with Crippen molar-refractivity contribution in [2.45, 2.75) is 44.7 Å². The molecule has 1 heterocycles. The summed E-state index contributed by atoms with van der Waals surface area (Å²) < 4.78 is 0. The topological polar surface area (TPSA) is 86.7 Å². The molecule has 0 radical (unpaired) electrons. The van der Waals surface area contributed by atoms with Crippen LogP contribution < -0.4 is 5.32 Å². The molecule has 1 saturated heterocycles. The van der Waals surface area contributed by atoms with Gasteiger partial charge in [-0.25, -0.2) is 0 Å². The third-order valence-corrected chi connectivity index (χ3v) is 6.38. The molecule has 27 heavy (non-hydrogen) atoms. The lowest BCUT2D eigenvalue weighted by Crippen LogP contribution is -2.47. The van der Waals surface area contributed by atoms with Gasteiger partial charge >= 0.3 is 5.97 Å². The number of rotatable bonds is 6. The van der Waals surface area contributed by atoms with Crippen molar-refractivity contribution >= 4 is 29.5 Å². The molecule has 2 aliphatic rings. The summed E-state index contributed by atoms with van der Waals surface area (Å²) in [4.78, 5) is 37.6. The highest BCUT2D eigenvalue weighted by molar-refractivity contribution is 7.99. The molecule has 0 spiro atoms. The van der Waals surface area contributed by atoms with Gasteiger partial charge in [0, 0.05) is 36.1 Å². The van der Waals surface area contributed by atoms with E-state index in [1.807, 2.05) is 12.1 Å². The number of carboxylic acid groups (broad SMARTS) is 1. The van der Waals surface area contributed by atoms with Crippen molar-refractivity contribution < 1.29 is 19.5 Å². The number of hydrogen-bond donors (Lipinski definition) is 2. The van der Waals surface area contributed by atoms with Gasteiger partial charge in [-0.3, -0.25) is 14.4 Å². The molecular weight excluding hydrogens is 364 g/mol. The molecule has 1 saturated carbocycles. The SMILES string of the molecule is O=C(O)CC1CSCCN1C(=O)c1ccc(CNC(=O)C2CCCC2)cc1. The minimum atomic E-state index is -0.881. The third kappa shape index (κ3) is 5.25. The summed E-state index contributed by atoms with van der Waals surface area (Å²) in [5.41, 5.74) is 1.51. The van der Waals surface area contributed by atoms with E-state index in [1.54, 1.807) is 28.8 Å². The number of thioether (sulfide) groups is 1. The van der Waals surface area contributed by atoms with Gasteiger partial charge in [0.2, 0.25) is 5.91 Å². The van der Waals surface area contributed by atoms with Crippen LogP contribution in [-0.2, 0) is 16.1 Å². The second-order valence-corrected chi connectivity index (χ2v) is 8.37. The summed E-state index contributed by atoms with van der Waals surface area (Å²) >= 11 is 1.69. The summed E-state index contributed by atoms with van der Waals surface area (Å²) in [6.07, 6.45) is 4.19. The number of carboxylic acids is 1. The van der Waals surface area contributed by atoms with Crippen LogP contribution >= 0.6 is 11.8 Å². The number of nitrogens with one attached hydrogen (secondary N) is 1. The predicted molar refractivity (Wildman–Crippen MR) is 105 cm³/mol. The largest absolute Gasteiger partial charge is 0.481 e. The molecule has 2 fully saturated rings. The van der Waals surface area contributed by atoms with Gasteiger partial charge in [0.1, 0.15) is 0 Å². The second kappa shape index (κ2) is 9.26. The summed E-state index contributed by atoms with van der Waals surface area (Å²) in [5, 5.41) is 12.1. The molecule has 146 valence electrons. The lowest BCUT2D eigenvalue weighted by molar-refractivity contribution is -0.138. The first-order valence-electron chi connectivity index (χ1n) is 9.52. The fourth-order valence-electron chi connectivity index (χ4n) is 3.75. The number of aliphatic carboxylic acids is 1. The Balaban J connectivity index is 1.57. The number of hydrogen-bond acceptors (Lipinski definition) is 4. The number of amides is 2. The molecule has 7 heteroatoms. The van der Waals surface area contributed by atoms with Crippen LogP contribution in [0, 0.1) is 5.92 Å². The number of benzene rings is 1. The van der Waals surface area contributed by atoms with E-state index in [4.69, 9.17) is 5.11 Å². The number of carbonyl (C=O) groups is 3. The van der Waals surface area contributed by atoms with E-state index in [2.05, 4.69) is 5.32 Å². The molecule has 1 atom stereocenters. The zero-order valence-electron chi connectivity index (χ0n) is 15.4. The number of nitrogens with zero attached hydrogens (tertiary/aromatic N) is 1. The van der Waals surface area contributed by atoms with E-state index in [1.165, 1.54) is 0 Å². The van der Waals surface area contributed by atoms with Gasteiger partial charge in [-0.2, -0.15) is 11.8 Å². The molecule has 6 nitrogen and oxygen atoms in total. The lowest BCUT2D eigenvalue weighted by Gasteiger charge is -2.34. The normalized spacial score (nSPS) is 20.4. The Morgan fingerprint density at radius 2 is 1.85 bits per heavy atom. The monoisotopic (exact) mass is 390 g/mol. The average Bonchev–Trinajstić information content (AvgIpc) is 3.21. The van der Waals surface area contributed by atoms with Crippen molar-refractivity contribution in [1.82, 2.24) is 10.2 Å². The van der Waals surface area contributed by atoms with Gasteiger partial charge in [0.25, 0.3) is 5.91 Å². The minimum Gasteiger partial charge on any atom is -0.481 e. The molecule has 1 aliphatic carbocycles. The van der Waals surface area contributed by atoms with E-state index in [0.717, 1.165) is 37.0 Å². The van der Waals surface area contributed by atoms with Crippen LogP contribution in [-0.4, -0.2) is 51.9 Å². The van der Waals surface area contributed by atoms with Crippen LogP contribution in [0.25, 0.3) is 0 Å². The van der Waals surface area contributed by atoms with Crippen molar-refractivity contribution in [1.29, 1.82) is 0 Å².